The number of carbonyl (C=O) groups excluding carboxylic acids is 2. The van der Waals surface area contributed by atoms with Crippen molar-refractivity contribution < 1.29 is 14.7 Å². The second-order valence-electron chi connectivity index (χ2n) is 6.88. The molecule has 0 saturated heterocycles. The number of azo groups is 1. The fraction of sp³-hybridized carbons (Fsp3) is 0. The zero-order valence-corrected chi connectivity index (χ0v) is 16.0. The van der Waals surface area contributed by atoms with Gasteiger partial charge in [-0.05, 0) is 36.4 Å². The van der Waals surface area contributed by atoms with E-state index < -0.39 is 5.91 Å². The number of benzene rings is 3. The molecule has 150 valence electrons. The summed E-state index contributed by atoms with van der Waals surface area (Å²) in [6.45, 7) is 0. The molecule has 1 aliphatic heterocycles. The summed E-state index contributed by atoms with van der Waals surface area (Å²) in [4.78, 5) is 31.8. The molecule has 4 aromatic rings. The molecule has 0 unspecified atom stereocenters. The molecule has 0 radical (unpaired) electrons. The Bertz CT molecular complexity index is 1400. The van der Waals surface area contributed by atoms with Crippen LogP contribution in [-0.2, 0) is 4.79 Å². The first kappa shape index (κ1) is 18.4. The van der Waals surface area contributed by atoms with Crippen LogP contribution in [0.15, 0.2) is 88.0 Å². The third-order valence-electron chi connectivity index (χ3n) is 4.90. The molecule has 0 aliphatic carbocycles. The number of fused-ring (bicyclic) bond motifs is 2. The van der Waals surface area contributed by atoms with Crippen LogP contribution in [0.3, 0.4) is 0 Å². The topological polar surface area (TPSA) is 119 Å². The predicted molar refractivity (Wildman–Crippen MR) is 117 cm³/mol. The molecule has 1 aromatic heterocycles. The van der Waals surface area contributed by atoms with Crippen molar-refractivity contribution in [3.8, 4) is 5.88 Å². The molecule has 5 rings (SSSR count). The number of nitrogens with zero attached hydrogens (tertiary/aromatic N) is 3. The largest absolute Gasteiger partial charge is 0.493 e. The van der Waals surface area contributed by atoms with Gasteiger partial charge in [0, 0.05) is 16.5 Å². The Labute approximate surface area is 176 Å². The number of nitrogens with one attached hydrogen (secondary N) is 2. The lowest BCUT2D eigenvalue weighted by atomic mass is 10.1. The van der Waals surface area contributed by atoms with Crippen LogP contribution >= 0.6 is 0 Å². The molecule has 0 saturated carbocycles. The molecule has 0 atom stereocenters. The van der Waals surface area contributed by atoms with E-state index in [0.717, 1.165) is 11.3 Å². The van der Waals surface area contributed by atoms with Crippen LogP contribution in [0.25, 0.3) is 10.9 Å². The number of rotatable bonds is 3. The zero-order valence-electron chi connectivity index (χ0n) is 16.0. The average Bonchev–Trinajstić information content (AvgIpc) is 3.28. The quantitative estimate of drug-likeness (QED) is 0.419. The molecule has 0 fully saturated rings. The molecule has 2 amide bonds. The fourth-order valence-electron chi connectivity index (χ4n) is 3.39. The molecule has 3 N–H and O–H groups in total. The molecule has 8 heteroatoms. The number of hydrogen-bond donors (Lipinski definition) is 3. The van der Waals surface area contributed by atoms with Gasteiger partial charge in [0.15, 0.2) is 5.69 Å². The van der Waals surface area contributed by atoms with Crippen molar-refractivity contribution in [2.24, 2.45) is 15.2 Å². The first-order valence-corrected chi connectivity index (χ1v) is 9.45. The van der Waals surface area contributed by atoms with Gasteiger partial charge in [-0.3, -0.25) is 9.59 Å². The number of aromatic hydroxyl groups is 1. The van der Waals surface area contributed by atoms with Gasteiger partial charge in [0.2, 0.25) is 5.88 Å². The van der Waals surface area contributed by atoms with Gasteiger partial charge in [-0.2, -0.15) is 0 Å². The Balaban J connectivity index is 1.38. The maximum Gasteiger partial charge on any atom is 0.295 e. The van der Waals surface area contributed by atoms with Crippen LogP contribution in [-0.4, -0.2) is 27.6 Å². The van der Waals surface area contributed by atoms with Crippen LogP contribution in [0.4, 0.5) is 17.1 Å². The highest BCUT2D eigenvalue weighted by molar-refractivity contribution is 6.54. The summed E-state index contributed by atoms with van der Waals surface area (Å²) in [6, 6.07) is 20.9. The van der Waals surface area contributed by atoms with Crippen LogP contribution in [0, 0.1) is 0 Å². The highest BCUT2D eigenvalue weighted by Gasteiger charge is 2.25. The minimum Gasteiger partial charge on any atom is -0.493 e. The number of aromatic amines is 1. The van der Waals surface area contributed by atoms with Gasteiger partial charge in [-0.25, -0.2) is 4.99 Å². The first-order valence-electron chi connectivity index (χ1n) is 9.45. The summed E-state index contributed by atoms with van der Waals surface area (Å²) in [7, 11) is 0. The molecule has 0 bridgehead atoms. The number of anilines is 1. The van der Waals surface area contributed by atoms with Crippen molar-refractivity contribution in [1.29, 1.82) is 0 Å². The van der Waals surface area contributed by atoms with Crippen molar-refractivity contribution in [2.75, 3.05) is 5.32 Å². The minimum atomic E-state index is -0.562. The van der Waals surface area contributed by atoms with E-state index in [1.807, 2.05) is 30.3 Å². The number of aliphatic imine (C=N–C) groups is 1. The Morgan fingerprint density at radius 1 is 0.903 bits per heavy atom. The minimum absolute atomic E-state index is 0.154. The van der Waals surface area contributed by atoms with E-state index in [4.69, 9.17) is 0 Å². The second-order valence-corrected chi connectivity index (χ2v) is 6.88. The molecule has 0 spiro atoms. The van der Waals surface area contributed by atoms with E-state index >= 15 is 0 Å². The third-order valence-corrected chi connectivity index (χ3v) is 4.90. The van der Waals surface area contributed by atoms with Crippen LogP contribution in [0.5, 0.6) is 5.88 Å². The lowest BCUT2D eigenvalue weighted by molar-refractivity contribution is -0.110. The molecule has 8 nitrogen and oxygen atoms in total. The van der Waals surface area contributed by atoms with Crippen LogP contribution < -0.4 is 5.32 Å². The standard InChI is InChI=1S/C23H15N5O3/c29-21(28-27-20-16-6-2-4-8-18(16)26-23(20)31)13-9-11-14(12-10-13)24-19-15-5-1-3-7-17(15)25-22(19)30/h1-12,26,31H,(H,24,25,30). The smallest absolute Gasteiger partial charge is 0.295 e. The Hall–Kier alpha value is -4.59. The van der Waals surface area contributed by atoms with Crippen molar-refractivity contribution in [1.82, 2.24) is 4.98 Å². The average molecular weight is 409 g/mol. The Morgan fingerprint density at radius 2 is 1.65 bits per heavy atom. The lowest BCUT2D eigenvalue weighted by Crippen LogP contribution is -2.13. The van der Waals surface area contributed by atoms with Crippen molar-refractivity contribution in [3.05, 3.63) is 83.9 Å². The van der Waals surface area contributed by atoms with Crippen molar-refractivity contribution in [3.63, 3.8) is 0 Å². The van der Waals surface area contributed by atoms with E-state index in [2.05, 4.69) is 25.5 Å². The van der Waals surface area contributed by atoms with Crippen LogP contribution in [0.1, 0.15) is 15.9 Å². The van der Waals surface area contributed by atoms with E-state index in [1.54, 1.807) is 42.5 Å². The molecule has 1 aliphatic rings. The maximum atomic E-state index is 12.4. The fourth-order valence-corrected chi connectivity index (χ4v) is 3.39. The molecular formula is C23H15N5O3. The molecular weight excluding hydrogens is 394 g/mol. The third kappa shape index (κ3) is 3.36. The highest BCUT2D eigenvalue weighted by Crippen LogP contribution is 2.35. The van der Waals surface area contributed by atoms with Gasteiger partial charge >= 0.3 is 0 Å². The predicted octanol–water partition coefficient (Wildman–Crippen LogP) is 4.87. The van der Waals surface area contributed by atoms with E-state index in [0.29, 0.717) is 27.9 Å². The maximum absolute atomic E-state index is 12.4. The number of H-pyrrole nitrogens is 1. The second kappa shape index (κ2) is 7.34. The van der Waals surface area contributed by atoms with Gasteiger partial charge < -0.3 is 15.4 Å². The van der Waals surface area contributed by atoms with E-state index in [1.165, 1.54) is 0 Å². The summed E-state index contributed by atoms with van der Waals surface area (Å²) in [5.74, 6) is -0.986. The number of amides is 2. The van der Waals surface area contributed by atoms with Gasteiger partial charge in [-0.15, -0.1) is 10.2 Å². The summed E-state index contributed by atoms with van der Waals surface area (Å²) in [5.41, 5.74) is 3.52. The van der Waals surface area contributed by atoms with Gasteiger partial charge in [0.05, 0.1) is 16.9 Å². The van der Waals surface area contributed by atoms with Gasteiger partial charge in [-0.1, -0.05) is 36.4 Å². The van der Waals surface area contributed by atoms with Crippen molar-refractivity contribution in [2.45, 2.75) is 0 Å². The molecule has 3 aromatic carbocycles. The number of hydrogen-bond acceptors (Lipinski definition) is 5. The summed E-state index contributed by atoms with van der Waals surface area (Å²) >= 11 is 0. The molecule has 2 heterocycles. The summed E-state index contributed by atoms with van der Waals surface area (Å²) in [6.07, 6.45) is 0. The number of carbonyl (C=O) groups is 2. The highest BCUT2D eigenvalue weighted by atomic mass is 16.3. The normalized spacial score (nSPS) is 14.3. The lowest BCUT2D eigenvalue weighted by Gasteiger charge is -1.99. The Morgan fingerprint density at radius 3 is 2.48 bits per heavy atom. The first-order chi connectivity index (χ1) is 15.1. The summed E-state index contributed by atoms with van der Waals surface area (Å²) in [5, 5.41) is 21.1. The SMILES string of the molecule is O=C1Nc2ccccc2C1=Nc1ccc(C(=O)N=Nc2c(O)[nH]c3ccccc23)cc1. The van der Waals surface area contributed by atoms with Gasteiger partial charge in [0.25, 0.3) is 11.8 Å². The van der Waals surface area contributed by atoms with Crippen LogP contribution in [0.2, 0.25) is 0 Å². The monoisotopic (exact) mass is 409 g/mol. The summed E-state index contributed by atoms with van der Waals surface area (Å²) < 4.78 is 0. The number of aromatic nitrogens is 1. The number of para-hydroxylation sites is 2. The van der Waals surface area contributed by atoms with E-state index in [9.17, 15) is 14.7 Å². The van der Waals surface area contributed by atoms with Gasteiger partial charge in [0.1, 0.15) is 5.71 Å². The molecule has 31 heavy (non-hydrogen) atoms. The van der Waals surface area contributed by atoms with E-state index in [-0.39, 0.29) is 17.5 Å². The van der Waals surface area contributed by atoms with Crippen molar-refractivity contribution >= 4 is 45.5 Å². The zero-order chi connectivity index (χ0) is 21.4. The Kier molecular flexibility index (Phi) is 4.37.